The largest absolute Gasteiger partial charge is 0.505 e. The molecule has 3 rings (SSSR count). The minimum absolute atomic E-state index is 0.0275. The van der Waals surface area contributed by atoms with E-state index in [1.165, 1.54) is 17.1 Å². The highest BCUT2D eigenvalue weighted by atomic mass is 16.5. The molecule has 5 N–H and O–H groups in total. The summed E-state index contributed by atoms with van der Waals surface area (Å²) in [5.41, 5.74) is 6.74. The quantitative estimate of drug-likeness (QED) is 0.573. The number of nitrogen functional groups attached to an aromatic ring is 1. The lowest BCUT2D eigenvalue weighted by molar-refractivity contribution is 0.0140. The molecule has 0 saturated heterocycles. The van der Waals surface area contributed by atoms with Gasteiger partial charge in [-0.05, 0) is 6.07 Å². The Morgan fingerprint density at radius 1 is 1.42 bits per heavy atom. The van der Waals surface area contributed by atoms with Crippen LogP contribution in [0.15, 0.2) is 24.3 Å². The highest BCUT2D eigenvalue weighted by molar-refractivity contribution is 5.86. The molecule has 0 aromatic carbocycles. The number of aliphatic hydroxyl groups is 3. The lowest BCUT2D eigenvalue weighted by atomic mass is 10.2. The van der Waals surface area contributed by atoms with E-state index in [2.05, 4.69) is 9.97 Å². The van der Waals surface area contributed by atoms with Gasteiger partial charge in [-0.3, -0.25) is 4.57 Å². The number of imidazole rings is 1. The Kier molecular flexibility index (Phi) is 2.54. The number of nitrogens with two attached hydrogens (primary N) is 1. The molecule has 8 nitrogen and oxygen atoms in total. The molecular formula is C11H12N4O4. The van der Waals surface area contributed by atoms with Crippen LogP contribution in [0.1, 0.15) is 0 Å². The molecule has 2 aromatic heterocycles. The third-order valence-electron chi connectivity index (χ3n) is 3.01. The lowest BCUT2D eigenvalue weighted by Gasteiger charge is -2.12. The van der Waals surface area contributed by atoms with Crippen LogP contribution >= 0.6 is 0 Å². The van der Waals surface area contributed by atoms with Crippen molar-refractivity contribution in [1.82, 2.24) is 14.5 Å². The molecule has 1 aliphatic heterocycles. The number of nitrogens with zero attached hydrogens (tertiary/aromatic N) is 3. The fourth-order valence-electron chi connectivity index (χ4n) is 2.01. The summed E-state index contributed by atoms with van der Waals surface area (Å²) < 4.78 is 6.76. The molecule has 3 heterocycles. The fourth-order valence-corrected chi connectivity index (χ4v) is 2.01. The van der Waals surface area contributed by atoms with Gasteiger partial charge in [-0.25, -0.2) is 9.97 Å². The van der Waals surface area contributed by atoms with E-state index < -0.39 is 18.8 Å². The number of pyridine rings is 1. The number of hydrogen-bond donors (Lipinski definition) is 4. The van der Waals surface area contributed by atoms with Crippen LogP contribution in [0.4, 0.5) is 5.82 Å². The number of aromatic nitrogens is 3. The average molecular weight is 264 g/mol. The number of fused-ring (bicyclic) bond motifs is 1. The Morgan fingerprint density at radius 3 is 2.89 bits per heavy atom. The van der Waals surface area contributed by atoms with Crippen LogP contribution < -0.4 is 5.73 Å². The van der Waals surface area contributed by atoms with Crippen molar-refractivity contribution in [2.24, 2.45) is 0 Å². The van der Waals surface area contributed by atoms with Gasteiger partial charge in [0.25, 0.3) is 0 Å². The zero-order chi connectivity index (χ0) is 13.6. The van der Waals surface area contributed by atoms with Crippen LogP contribution in [0, 0.1) is 0 Å². The van der Waals surface area contributed by atoms with E-state index in [0.717, 1.165) is 0 Å². The Bertz CT molecular complexity index is 666. The predicted octanol–water partition coefficient (Wildman–Crippen LogP) is -0.550. The Labute approximate surface area is 107 Å². The minimum Gasteiger partial charge on any atom is -0.505 e. The summed E-state index contributed by atoms with van der Waals surface area (Å²) in [5.74, 6) is -0.0676. The van der Waals surface area contributed by atoms with Crippen molar-refractivity contribution in [3.63, 3.8) is 0 Å². The third-order valence-corrected chi connectivity index (χ3v) is 3.01. The Balaban J connectivity index is 2.13. The summed E-state index contributed by atoms with van der Waals surface area (Å²) >= 11 is 0. The van der Waals surface area contributed by atoms with Crippen LogP contribution in [0.3, 0.4) is 0 Å². The molecule has 0 aliphatic carbocycles. The summed E-state index contributed by atoms with van der Waals surface area (Å²) in [6.45, 7) is -0.412. The first-order valence-corrected chi connectivity index (χ1v) is 5.60. The smallest absolute Gasteiger partial charge is 0.241 e. The summed E-state index contributed by atoms with van der Waals surface area (Å²) in [5, 5.41) is 28.6. The Hall–Kier alpha value is -2.32. The summed E-state index contributed by atoms with van der Waals surface area (Å²) in [6, 6.07) is 1.65. The van der Waals surface area contributed by atoms with Crippen LogP contribution in [-0.4, -0.2) is 48.7 Å². The van der Waals surface area contributed by atoms with Gasteiger partial charge < -0.3 is 25.8 Å². The third kappa shape index (κ3) is 1.61. The van der Waals surface area contributed by atoms with Crippen LogP contribution in [0.5, 0.6) is 0 Å². The van der Waals surface area contributed by atoms with Gasteiger partial charge in [0.05, 0.1) is 12.1 Å². The van der Waals surface area contributed by atoms with Crippen LogP contribution in [-0.2, 0) is 4.74 Å². The lowest BCUT2D eigenvalue weighted by Crippen LogP contribution is -2.27. The molecule has 19 heavy (non-hydrogen) atoms. The molecule has 0 unspecified atom stereocenters. The fraction of sp³-hybridized carbons (Fsp3) is 0.273. The van der Waals surface area contributed by atoms with Gasteiger partial charge in [0.15, 0.2) is 23.8 Å². The molecule has 0 spiro atoms. The van der Waals surface area contributed by atoms with E-state index in [9.17, 15) is 10.2 Å². The zero-order valence-electron chi connectivity index (χ0n) is 9.76. The van der Waals surface area contributed by atoms with Gasteiger partial charge in [0.1, 0.15) is 11.8 Å². The molecule has 2 aromatic rings. The standard InChI is InChI=1S/C11H12N4O4/c12-10-7-5(1-2-13-10)15(4-14-7)11-9(18)8(17)6(3-16)19-11/h1-2,4,6,8,16-18H,3H2,(H2,12,13)/t6-,8-/m1/s1. The minimum atomic E-state index is -1.27. The number of aliphatic hydroxyl groups excluding tert-OH is 3. The van der Waals surface area contributed by atoms with E-state index >= 15 is 0 Å². The first-order chi connectivity index (χ1) is 9.13. The highest BCUT2D eigenvalue weighted by Crippen LogP contribution is 2.30. The van der Waals surface area contributed by atoms with Gasteiger partial charge in [-0.1, -0.05) is 0 Å². The van der Waals surface area contributed by atoms with Gasteiger partial charge in [0.2, 0.25) is 5.88 Å². The topological polar surface area (TPSA) is 127 Å². The van der Waals surface area contributed by atoms with E-state index in [4.69, 9.17) is 15.6 Å². The summed E-state index contributed by atoms with van der Waals surface area (Å²) in [6.07, 6.45) is 0.742. The van der Waals surface area contributed by atoms with Crippen molar-refractivity contribution in [3.8, 4) is 0 Å². The number of anilines is 1. The molecular weight excluding hydrogens is 252 g/mol. The zero-order valence-corrected chi connectivity index (χ0v) is 9.76. The van der Waals surface area contributed by atoms with Crippen LogP contribution in [0.25, 0.3) is 16.9 Å². The Morgan fingerprint density at radius 2 is 2.21 bits per heavy atom. The van der Waals surface area contributed by atoms with E-state index in [1.807, 2.05) is 0 Å². The maximum absolute atomic E-state index is 9.86. The molecule has 0 amide bonds. The van der Waals surface area contributed by atoms with E-state index in [-0.39, 0.29) is 17.5 Å². The van der Waals surface area contributed by atoms with Crippen molar-refractivity contribution >= 4 is 22.7 Å². The summed E-state index contributed by atoms with van der Waals surface area (Å²) in [7, 11) is 0. The second kappa shape index (κ2) is 4.11. The second-order valence-electron chi connectivity index (χ2n) is 4.15. The molecule has 8 heteroatoms. The molecule has 0 bridgehead atoms. The van der Waals surface area contributed by atoms with Crippen molar-refractivity contribution in [2.45, 2.75) is 12.2 Å². The monoisotopic (exact) mass is 264 g/mol. The molecule has 0 saturated carbocycles. The molecule has 0 fully saturated rings. The van der Waals surface area contributed by atoms with Gasteiger partial charge in [-0.15, -0.1) is 0 Å². The first kappa shape index (κ1) is 11.8. The van der Waals surface area contributed by atoms with Crippen molar-refractivity contribution < 1.29 is 20.1 Å². The summed E-state index contributed by atoms with van der Waals surface area (Å²) in [4.78, 5) is 7.98. The maximum atomic E-state index is 9.86. The van der Waals surface area contributed by atoms with Crippen LogP contribution in [0.2, 0.25) is 0 Å². The van der Waals surface area contributed by atoms with E-state index in [1.54, 1.807) is 6.07 Å². The van der Waals surface area contributed by atoms with Crippen molar-refractivity contribution in [1.29, 1.82) is 0 Å². The van der Waals surface area contributed by atoms with Gasteiger partial charge >= 0.3 is 0 Å². The second-order valence-corrected chi connectivity index (χ2v) is 4.15. The molecule has 0 radical (unpaired) electrons. The van der Waals surface area contributed by atoms with E-state index in [0.29, 0.717) is 11.0 Å². The SMILES string of the molecule is Nc1nccc2c1ncn2C1=C(O)[C@H](O)[C@@H](CO)O1. The average Bonchev–Trinajstić information content (AvgIpc) is 2.94. The first-order valence-electron chi connectivity index (χ1n) is 5.60. The highest BCUT2D eigenvalue weighted by Gasteiger charge is 2.36. The molecule has 100 valence electrons. The molecule has 1 aliphatic rings. The predicted molar refractivity (Wildman–Crippen MR) is 65.8 cm³/mol. The van der Waals surface area contributed by atoms with Gasteiger partial charge in [0, 0.05) is 6.20 Å². The maximum Gasteiger partial charge on any atom is 0.241 e. The van der Waals surface area contributed by atoms with Crippen molar-refractivity contribution in [3.05, 3.63) is 24.3 Å². The number of hydrogen-bond acceptors (Lipinski definition) is 7. The van der Waals surface area contributed by atoms with Gasteiger partial charge in [-0.2, -0.15) is 0 Å². The van der Waals surface area contributed by atoms with Crippen molar-refractivity contribution in [2.75, 3.05) is 12.3 Å². The molecule has 2 atom stereocenters. The number of rotatable bonds is 2. The normalized spacial score (nSPS) is 23.1. The number of ether oxygens (including phenoxy) is 1.